The monoisotopic (exact) mass is 491 g/mol. The van der Waals surface area contributed by atoms with Crippen molar-refractivity contribution in [3.05, 3.63) is 65.9 Å². The Bertz CT molecular complexity index is 1270. The van der Waals surface area contributed by atoms with Crippen LogP contribution in [0.25, 0.3) is 11.3 Å². The maximum absolute atomic E-state index is 8.78. The Morgan fingerprint density at radius 1 is 1.25 bits per heavy atom. The van der Waals surface area contributed by atoms with Gasteiger partial charge in [-0.2, -0.15) is 19.7 Å². The summed E-state index contributed by atoms with van der Waals surface area (Å²) in [5.74, 6) is 2.54. The zero-order valence-corrected chi connectivity index (χ0v) is 20.6. The van der Waals surface area contributed by atoms with Gasteiger partial charge in [0.1, 0.15) is 5.82 Å². The minimum atomic E-state index is -1.33. The van der Waals surface area contributed by atoms with E-state index in [2.05, 4.69) is 52.5 Å². The molecule has 1 aliphatic heterocycles. The van der Waals surface area contributed by atoms with E-state index < -0.39 is 6.09 Å². The largest absolute Gasteiger partial charge is 0.465 e. The summed E-state index contributed by atoms with van der Waals surface area (Å²) in [6.07, 6.45) is 7.65. The van der Waals surface area contributed by atoms with Gasteiger partial charge >= 0.3 is 6.09 Å². The van der Waals surface area contributed by atoms with Gasteiger partial charge in [-0.1, -0.05) is 32.0 Å². The van der Waals surface area contributed by atoms with Crippen molar-refractivity contribution < 1.29 is 9.90 Å². The number of rotatable bonds is 7. The highest BCUT2D eigenvalue weighted by Crippen LogP contribution is 2.23. The summed E-state index contributed by atoms with van der Waals surface area (Å²) in [7, 11) is 0. The molecule has 0 saturated carbocycles. The minimum absolute atomic E-state index is 0.347. The van der Waals surface area contributed by atoms with Gasteiger partial charge in [-0.3, -0.25) is 0 Å². The molecule has 1 saturated heterocycles. The number of nitrogens with two attached hydrogens (primary N) is 1. The number of carboxylic acid groups (broad SMARTS) is 1. The van der Waals surface area contributed by atoms with Crippen molar-refractivity contribution in [2.75, 3.05) is 18.4 Å². The first-order valence-electron chi connectivity index (χ1n) is 12.2. The molecule has 3 aromatic heterocycles. The molecule has 1 aromatic carbocycles. The highest BCUT2D eigenvalue weighted by molar-refractivity contribution is 5.61. The van der Waals surface area contributed by atoms with E-state index >= 15 is 0 Å². The van der Waals surface area contributed by atoms with Crippen molar-refractivity contribution in [3.8, 4) is 5.69 Å². The Hall–Kier alpha value is -3.99. The van der Waals surface area contributed by atoms with Crippen LogP contribution in [0.1, 0.15) is 49.6 Å². The summed E-state index contributed by atoms with van der Waals surface area (Å²) < 4.78 is 3.73. The fourth-order valence-electron chi connectivity index (χ4n) is 4.38. The number of nitrogens with one attached hydrogen (secondary N) is 2. The van der Waals surface area contributed by atoms with Crippen molar-refractivity contribution >= 4 is 17.7 Å². The lowest BCUT2D eigenvalue weighted by atomic mass is 9.96. The van der Waals surface area contributed by atoms with Gasteiger partial charge in [0.05, 0.1) is 11.9 Å². The van der Waals surface area contributed by atoms with Crippen LogP contribution < -0.4 is 16.4 Å². The number of nitrogens with zero attached hydrogens (tertiary/aromatic N) is 6. The third-order valence-corrected chi connectivity index (χ3v) is 6.11. The van der Waals surface area contributed by atoms with Crippen LogP contribution in [0.3, 0.4) is 0 Å². The van der Waals surface area contributed by atoms with E-state index in [1.165, 1.54) is 12.8 Å². The molecule has 0 aliphatic carbocycles. The number of hydrogen-bond donors (Lipinski definition) is 4. The van der Waals surface area contributed by atoms with Crippen molar-refractivity contribution in [2.45, 2.75) is 45.6 Å². The molecule has 1 unspecified atom stereocenters. The molecule has 1 aliphatic rings. The van der Waals surface area contributed by atoms with E-state index in [0.717, 1.165) is 53.7 Å². The number of fused-ring (bicyclic) bond motifs is 1. The SMILES string of the molecule is CC(C)c1cnn2c(NCc3ccccc3-n3cccn3)nc(CC3CCCNC3)nc12.NC(=O)O. The van der Waals surface area contributed by atoms with E-state index in [4.69, 9.17) is 19.9 Å². The number of carbonyl (C=O) groups is 1. The Morgan fingerprint density at radius 3 is 2.75 bits per heavy atom. The second-order valence-electron chi connectivity index (χ2n) is 9.14. The van der Waals surface area contributed by atoms with E-state index in [-0.39, 0.29) is 0 Å². The first kappa shape index (κ1) is 25.1. The lowest BCUT2D eigenvalue weighted by Gasteiger charge is -2.22. The standard InChI is InChI=1S/C24H30N8.CH3NO2/c1-17(2)20-16-28-32-23(20)29-22(13-18-7-5-10-25-14-18)30-24(32)26-15-19-8-3-4-9-21(19)31-12-6-11-27-31;2-1(3)4/h3-4,6,8-9,11-12,16-18,25H,5,7,10,13-15H2,1-2H3,(H,26,29,30);2H2,(H,3,4). The predicted octanol–water partition coefficient (Wildman–Crippen LogP) is 3.21. The van der Waals surface area contributed by atoms with Crippen LogP contribution in [-0.4, -0.2) is 53.7 Å². The molecule has 5 rings (SSSR count). The Labute approximate surface area is 209 Å². The van der Waals surface area contributed by atoms with Crippen molar-refractivity contribution in [2.24, 2.45) is 11.7 Å². The van der Waals surface area contributed by atoms with Crippen LogP contribution in [0.4, 0.5) is 10.7 Å². The predicted molar refractivity (Wildman–Crippen MR) is 137 cm³/mol. The van der Waals surface area contributed by atoms with Gasteiger partial charge < -0.3 is 21.5 Å². The molecule has 4 heterocycles. The number of aromatic nitrogens is 6. The van der Waals surface area contributed by atoms with E-state index in [9.17, 15) is 0 Å². The lowest BCUT2D eigenvalue weighted by Crippen LogP contribution is -2.31. The molecule has 11 nitrogen and oxygen atoms in total. The molecule has 0 spiro atoms. The third-order valence-electron chi connectivity index (χ3n) is 6.11. The quantitative estimate of drug-likeness (QED) is 0.308. The van der Waals surface area contributed by atoms with Crippen molar-refractivity contribution in [1.29, 1.82) is 0 Å². The molecule has 0 radical (unpaired) electrons. The molecular weight excluding hydrogens is 458 g/mol. The van der Waals surface area contributed by atoms with Crippen LogP contribution in [-0.2, 0) is 13.0 Å². The summed E-state index contributed by atoms with van der Waals surface area (Å²) in [6, 6.07) is 10.2. The van der Waals surface area contributed by atoms with Gasteiger partial charge in [-0.25, -0.2) is 14.5 Å². The molecule has 1 atom stereocenters. The number of primary amides is 1. The van der Waals surface area contributed by atoms with Crippen molar-refractivity contribution in [3.63, 3.8) is 0 Å². The van der Waals surface area contributed by atoms with E-state index in [1.54, 1.807) is 6.20 Å². The normalized spacial score (nSPS) is 15.5. The molecule has 5 N–H and O–H groups in total. The second-order valence-corrected chi connectivity index (χ2v) is 9.14. The molecule has 4 aromatic rings. The number of benzene rings is 1. The summed E-state index contributed by atoms with van der Waals surface area (Å²) in [4.78, 5) is 18.6. The third kappa shape index (κ3) is 6.16. The van der Waals surface area contributed by atoms with Crippen LogP contribution in [0.2, 0.25) is 0 Å². The Kier molecular flexibility index (Phi) is 8.11. The van der Waals surface area contributed by atoms with Gasteiger partial charge in [0.2, 0.25) is 5.95 Å². The van der Waals surface area contributed by atoms with Crippen LogP contribution in [0.15, 0.2) is 48.9 Å². The lowest BCUT2D eigenvalue weighted by molar-refractivity contribution is 0.205. The van der Waals surface area contributed by atoms with Gasteiger partial charge in [0.25, 0.3) is 0 Å². The van der Waals surface area contributed by atoms with Gasteiger partial charge in [-0.05, 0) is 55.5 Å². The minimum Gasteiger partial charge on any atom is -0.465 e. The average Bonchev–Trinajstić information content (AvgIpc) is 3.54. The van der Waals surface area contributed by atoms with Crippen LogP contribution in [0.5, 0.6) is 0 Å². The fraction of sp³-hybridized carbons (Fsp3) is 0.400. The van der Waals surface area contributed by atoms with Crippen molar-refractivity contribution in [1.82, 2.24) is 34.7 Å². The summed E-state index contributed by atoms with van der Waals surface area (Å²) in [6.45, 7) is 7.11. The number of piperidine rings is 1. The molecule has 1 amide bonds. The number of hydrogen-bond acceptors (Lipinski definition) is 7. The highest BCUT2D eigenvalue weighted by atomic mass is 16.4. The Morgan fingerprint density at radius 2 is 2.06 bits per heavy atom. The molecule has 36 heavy (non-hydrogen) atoms. The maximum Gasteiger partial charge on any atom is 0.402 e. The van der Waals surface area contributed by atoms with E-state index in [0.29, 0.717) is 18.4 Å². The summed E-state index contributed by atoms with van der Waals surface area (Å²) in [5, 5.41) is 23.2. The number of para-hydroxylation sites is 1. The summed E-state index contributed by atoms with van der Waals surface area (Å²) >= 11 is 0. The van der Waals surface area contributed by atoms with Gasteiger partial charge in [0, 0.05) is 30.9 Å². The molecule has 0 bridgehead atoms. The molecule has 1 fully saturated rings. The van der Waals surface area contributed by atoms with Gasteiger partial charge in [-0.15, -0.1) is 0 Å². The average molecular weight is 492 g/mol. The number of amides is 1. The fourth-order valence-corrected chi connectivity index (χ4v) is 4.38. The maximum atomic E-state index is 8.78. The Balaban J connectivity index is 0.000000709. The van der Waals surface area contributed by atoms with Gasteiger partial charge in [0.15, 0.2) is 5.65 Å². The zero-order valence-electron chi connectivity index (χ0n) is 20.6. The number of anilines is 1. The van der Waals surface area contributed by atoms with E-state index in [1.807, 2.05) is 39.8 Å². The smallest absolute Gasteiger partial charge is 0.402 e. The summed E-state index contributed by atoms with van der Waals surface area (Å²) in [5.41, 5.74) is 8.26. The second kappa shape index (κ2) is 11.6. The molecular formula is C25H33N9O2. The van der Waals surface area contributed by atoms with Crippen LogP contribution in [0, 0.1) is 5.92 Å². The highest BCUT2D eigenvalue weighted by Gasteiger charge is 2.19. The van der Waals surface area contributed by atoms with Crippen LogP contribution >= 0.6 is 0 Å². The first-order chi connectivity index (χ1) is 17.4. The molecule has 190 valence electrons. The molecule has 11 heteroatoms. The first-order valence-corrected chi connectivity index (χ1v) is 12.2. The topological polar surface area (TPSA) is 148 Å². The zero-order chi connectivity index (χ0) is 25.5.